The van der Waals surface area contributed by atoms with E-state index in [-0.39, 0.29) is 10.6 Å². The van der Waals surface area contributed by atoms with E-state index in [0.717, 1.165) is 12.1 Å². The Morgan fingerprint density at radius 3 is 1.85 bits per heavy atom. The Balaban J connectivity index is 2.19. The molecule has 2 aromatic carbocycles. The molecule has 1 unspecified atom stereocenters. The molecule has 2 rings (SSSR count). The first-order valence-corrected chi connectivity index (χ1v) is 7.53. The van der Waals surface area contributed by atoms with Crippen LogP contribution in [0.3, 0.4) is 0 Å². The number of hydrogen-bond acceptors (Lipinski definition) is 3. The van der Waals surface area contributed by atoms with Crippen LogP contribution in [0.1, 0.15) is 11.6 Å². The lowest BCUT2D eigenvalue weighted by atomic mass is 10.1. The molecule has 106 valence electrons. The number of sulfone groups is 1. The van der Waals surface area contributed by atoms with Gasteiger partial charge in [0.05, 0.1) is 10.6 Å². The second kappa shape index (κ2) is 5.68. The van der Waals surface area contributed by atoms with E-state index in [1.54, 1.807) is 0 Å². The third-order valence-electron chi connectivity index (χ3n) is 2.87. The van der Waals surface area contributed by atoms with Gasteiger partial charge < -0.3 is 5.73 Å². The van der Waals surface area contributed by atoms with E-state index in [1.165, 1.54) is 36.4 Å². The predicted molar refractivity (Wildman–Crippen MR) is 71.8 cm³/mol. The normalized spacial score (nSPS) is 13.2. The van der Waals surface area contributed by atoms with Crippen molar-refractivity contribution in [1.29, 1.82) is 0 Å². The first-order chi connectivity index (χ1) is 9.38. The molecule has 0 radical (unpaired) electrons. The summed E-state index contributed by atoms with van der Waals surface area (Å²) < 4.78 is 49.8. The summed E-state index contributed by atoms with van der Waals surface area (Å²) in [6, 6.07) is 9.11. The Morgan fingerprint density at radius 1 is 0.900 bits per heavy atom. The zero-order valence-corrected chi connectivity index (χ0v) is 11.3. The minimum Gasteiger partial charge on any atom is -0.323 e. The van der Waals surface area contributed by atoms with Gasteiger partial charge in [-0.05, 0) is 42.0 Å². The molecule has 20 heavy (non-hydrogen) atoms. The summed E-state index contributed by atoms with van der Waals surface area (Å²) >= 11 is 0. The Kier molecular flexibility index (Phi) is 4.15. The van der Waals surface area contributed by atoms with Crippen molar-refractivity contribution in [3.63, 3.8) is 0 Å². The van der Waals surface area contributed by atoms with Gasteiger partial charge in [-0.2, -0.15) is 0 Å². The van der Waals surface area contributed by atoms with Crippen LogP contribution in [0.25, 0.3) is 0 Å². The lowest BCUT2D eigenvalue weighted by Gasteiger charge is -2.12. The third kappa shape index (κ3) is 3.40. The lowest BCUT2D eigenvalue weighted by molar-refractivity contribution is 0.587. The van der Waals surface area contributed by atoms with Crippen molar-refractivity contribution in [3.05, 3.63) is 65.7 Å². The van der Waals surface area contributed by atoms with E-state index in [2.05, 4.69) is 0 Å². The molecule has 0 aliphatic carbocycles. The largest absolute Gasteiger partial charge is 0.323 e. The van der Waals surface area contributed by atoms with Crippen LogP contribution >= 0.6 is 0 Å². The van der Waals surface area contributed by atoms with Gasteiger partial charge in [-0.25, -0.2) is 17.2 Å². The first kappa shape index (κ1) is 14.6. The summed E-state index contributed by atoms with van der Waals surface area (Å²) in [6.45, 7) is 0. The van der Waals surface area contributed by atoms with Crippen molar-refractivity contribution in [2.75, 3.05) is 5.75 Å². The quantitative estimate of drug-likeness (QED) is 0.882. The fraction of sp³-hybridized carbons (Fsp3) is 0.143. The maximum atomic E-state index is 12.8. The highest BCUT2D eigenvalue weighted by Gasteiger charge is 2.20. The van der Waals surface area contributed by atoms with Crippen LogP contribution in [0.4, 0.5) is 8.78 Å². The van der Waals surface area contributed by atoms with E-state index < -0.39 is 27.5 Å². The third-order valence-corrected chi connectivity index (χ3v) is 4.66. The smallest absolute Gasteiger partial charge is 0.180 e. The van der Waals surface area contributed by atoms with E-state index in [4.69, 9.17) is 5.73 Å². The first-order valence-electron chi connectivity index (χ1n) is 5.88. The molecule has 6 heteroatoms. The van der Waals surface area contributed by atoms with E-state index in [9.17, 15) is 17.2 Å². The van der Waals surface area contributed by atoms with Crippen LogP contribution in [0.2, 0.25) is 0 Å². The van der Waals surface area contributed by atoms with Crippen molar-refractivity contribution in [1.82, 2.24) is 0 Å². The molecule has 0 aliphatic heterocycles. The van der Waals surface area contributed by atoms with Crippen molar-refractivity contribution >= 4 is 9.84 Å². The molecular weight excluding hydrogens is 284 g/mol. The van der Waals surface area contributed by atoms with Gasteiger partial charge in [-0.15, -0.1) is 0 Å². The number of nitrogens with two attached hydrogens (primary N) is 1. The summed E-state index contributed by atoms with van der Waals surface area (Å²) in [5.74, 6) is -1.25. The van der Waals surface area contributed by atoms with Gasteiger partial charge in [0.1, 0.15) is 11.6 Å². The van der Waals surface area contributed by atoms with E-state index >= 15 is 0 Å². The molecule has 1 atom stereocenters. The molecule has 3 nitrogen and oxygen atoms in total. The molecule has 0 aliphatic rings. The Hall–Kier alpha value is -1.79. The summed E-state index contributed by atoms with van der Waals surface area (Å²) in [7, 11) is -3.62. The highest BCUT2D eigenvalue weighted by atomic mass is 32.2. The molecular formula is C14H13F2NO2S. The number of hydrogen-bond donors (Lipinski definition) is 1. The molecule has 0 spiro atoms. The van der Waals surface area contributed by atoms with Gasteiger partial charge >= 0.3 is 0 Å². The van der Waals surface area contributed by atoms with Crippen molar-refractivity contribution < 1.29 is 17.2 Å². The van der Waals surface area contributed by atoms with Gasteiger partial charge in [-0.1, -0.05) is 12.1 Å². The lowest BCUT2D eigenvalue weighted by Crippen LogP contribution is -2.21. The minimum absolute atomic E-state index is 0.0106. The van der Waals surface area contributed by atoms with Crippen LogP contribution in [0, 0.1) is 11.6 Å². The van der Waals surface area contributed by atoms with Crippen LogP contribution in [0.15, 0.2) is 53.4 Å². The van der Waals surface area contributed by atoms with Crippen LogP contribution < -0.4 is 5.73 Å². The number of benzene rings is 2. The zero-order valence-electron chi connectivity index (χ0n) is 10.5. The molecule has 0 fully saturated rings. The van der Waals surface area contributed by atoms with Gasteiger partial charge in [0, 0.05) is 6.04 Å². The SMILES string of the molecule is NC(CS(=O)(=O)c1ccc(F)cc1)c1ccc(F)cc1. The molecule has 2 N–H and O–H groups in total. The maximum absolute atomic E-state index is 12.8. The van der Waals surface area contributed by atoms with E-state index in [1.807, 2.05) is 0 Å². The summed E-state index contributed by atoms with van der Waals surface area (Å²) in [6.07, 6.45) is 0. The number of halogens is 2. The molecule has 0 aromatic heterocycles. The van der Waals surface area contributed by atoms with Crippen LogP contribution in [-0.4, -0.2) is 14.2 Å². The Morgan fingerprint density at radius 2 is 1.35 bits per heavy atom. The van der Waals surface area contributed by atoms with Crippen LogP contribution in [-0.2, 0) is 9.84 Å². The van der Waals surface area contributed by atoms with Crippen LogP contribution in [0.5, 0.6) is 0 Å². The minimum atomic E-state index is -3.62. The fourth-order valence-electron chi connectivity index (χ4n) is 1.78. The fourth-order valence-corrected chi connectivity index (χ4v) is 3.19. The predicted octanol–water partition coefficient (Wildman–Crippen LogP) is 2.44. The van der Waals surface area contributed by atoms with Gasteiger partial charge in [0.2, 0.25) is 0 Å². The van der Waals surface area contributed by atoms with Crippen molar-refractivity contribution in [2.45, 2.75) is 10.9 Å². The molecule has 0 saturated heterocycles. The highest BCUT2D eigenvalue weighted by Crippen LogP contribution is 2.19. The second-order valence-corrected chi connectivity index (χ2v) is 6.43. The summed E-state index contributed by atoms with van der Waals surface area (Å²) in [5.41, 5.74) is 6.35. The van der Waals surface area contributed by atoms with Gasteiger partial charge in [0.25, 0.3) is 0 Å². The average molecular weight is 297 g/mol. The zero-order chi connectivity index (χ0) is 14.8. The highest BCUT2D eigenvalue weighted by molar-refractivity contribution is 7.91. The topological polar surface area (TPSA) is 60.2 Å². The Labute approximate surface area is 116 Å². The molecule has 0 heterocycles. The molecule has 0 bridgehead atoms. The number of rotatable bonds is 4. The Bertz CT molecular complexity index is 682. The second-order valence-electron chi connectivity index (χ2n) is 4.39. The van der Waals surface area contributed by atoms with Gasteiger partial charge in [0.15, 0.2) is 9.84 Å². The van der Waals surface area contributed by atoms with Crippen molar-refractivity contribution in [2.24, 2.45) is 5.73 Å². The molecule has 0 amide bonds. The molecule has 0 saturated carbocycles. The summed E-state index contributed by atoms with van der Waals surface area (Å²) in [4.78, 5) is 0.0106. The molecule has 2 aromatic rings. The van der Waals surface area contributed by atoms with Gasteiger partial charge in [-0.3, -0.25) is 0 Å². The maximum Gasteiger partial charge on any atom is 0.180 e. The summed E-state index contributed by atoms with van der Waals surface area (Å²) in [5, 5.41) is 0. The van der Waals surface area contributed by atoms with Crippen molar-refractivity contribution in [3.8, 4) is 0 Å². The monoisotopic (exact) mass is 297 g/mol. The average Bonchev–Trinajstić information content (AvgIpc) is 2.39. The standard InChI is InChI=1S/C14H13F2NO2S/c15-11-3-1-10(2-4-11)14(17)9-20(18,19)13-7-5-12(16)6-8-13/h1-8,14H,9,17H2. The van der Waals surface area contributed by atoms with E-state index in [0.29, 0.717) is 5.56 Å².